The maximum absolute atomic E-state index is 10.8. The van der Waals surface area contributed by atoms with Crippen LogP contribution in [0.3, 0.4) is 0 Å². The van der Waals surface area contributed by atoms with Crippen LogP contribution >= 0.6 is 47.8 Å². The lowest BCUT2D eigenvalue weighted by molar-refractivity contribution is -0.120. The zero-order valence-electron chi connectivity index (χ0n) is 85.4. The summed E-state index contributed by atoms with van der Waals surface area (Å²) in [4.78, 5) is 16.7. The van der Waals surface area contributed by atoms with Crippen molar-refractivity contribution in [2.75, 3.05) is 0 Å². The first-order valence-corrected chi connectivity index (χ1v) is 53.0. The quantitative estimate of drug-likeness (QED) is 0.0390. The topological polar surface area (TPSA) is 181 Å². The number of benzene rings is 8. The molecule has 14 rings (SSSR count). The van der Waals surface area contributed by atoms with E-state index in [9.17, 15) is 15.0 Å². The Hall–Kier alpha value is -7.67. The Bertz CT molecular complexity index is 4990. The highest BCUT2D eigenvalue weighted by Gasteiger charge is 2.38. The SMILES string of the molecule is C/C=C(\C)c1cccc(Br)c1.C/C=C(\C)c1cccc(C2(N=[N+]=[N-])CCCCC2)c1.C/C=C(\C)c1cccc(C2(O)CCCCC2)c1.C=C(CC)c1cccc(Br)c1.CCC(C)(C)c1cccc(Br)c1.CCC(C)(C)c1cccc(C2(N)CCCCC2)c1.CCC(C)(C)c1cccc(C2(N=[N+]=[N-])CCCCC2)c1.CCC(C)(C)c1cccc(C2(O)CCCCC2)c1.O=C1CCCCC1. The molecule has 13 heteroatoms. The average Bonchev–Trinajstić information content (AvgIpc) is 0.784. The number of Topliss-reactive ketones (excluding diaryl/α,β-unsaturated/α-hetero) is 1. The summed E-state index contributed by atoms with van der Waals surface area (Å²) >= 11 is 10.3. The van der Waals surface area contributed by atoms with Gasteiger partial charge in [-0.3, -0.25) is 4.79 Å². The molecule has 0 aliphatic heterocycles. The summed E-state index contributed by atoms with van der Waals surface area (Å²) in [5.41, 5.74) is 45.0. The molecule has 8 aromatic rings. The Morgan fingerprint density at radius 3 is 0.970 bits per heavy atom. The van der Waals surface area contributed by atoms with Gasteiger partial charge in [0.15, 0.2) is 0 Å². The minimum Gasteiger partial charge on any atom is -0.385 e. The lowest BCUT2D eigenvalue weighted by Crippen LogP contribution is -2.38. The number of carbonyl (C=O) groups excluding carboxylic acids is 1. The monoisotopic (exact) mass is 1990 g/mol. The fraction of sp³-hybridized carbons (Fsp3) is 0.525. The highest BCUT2D eigenvalue weighted by molar-refractivity contribution is 9.11. The lowest BCUT2D eigenvalue weighted by atomic mass is 9.74. The maximum Gasteiger partial charge on any atom is 0.132 e. The van der Waals surface area contributed by atoms with Gasteiger partial charge in [-0.15, -0.1) is 0 Å². The summed E-state index contributed by atoms with van der Waals surface area (Å²) in [6.45, 7) is 45.8. The smallest absolute Gasteiger partial charge is 0.132 e. The Labute approximate surface area is 831 Å². The lowest BCUT2D eigenvalue weighted by Gasteiger charge is -2.35. The number of nitrogens with zero attached hydrogens (tertiary/aromatic N) is 6. The summed E-state index contributed by atoms with van der Waals surface area (Å²) < 4.78 is 3.42. The summed E-state index contributed by atoms with van der Waals surface area (Å²) in [6.07, 6.45) is 45.1. The first-order chi connectivity index (χ1) is 63.3. The normalized spacial score (nSPS) is 17.4. The van der Waals surface area contributed by atoms with Crippen LogP contribution in [0.2, 0.25) is 0 Å². The van der Waals surface area contributed by atoms with E-state index >= 15 is 0 Å². The molecular formula is C120H168Br3N7O3. The fourth-order valence-electron chi connectivity index (χ4n) is 18.3. The molecule has 133 heavy (non-hydrogen) atoms. The van der Waals surface area contributed by atoms with Gasteiger partial charge in [0.25, 0.3) is 0 Å². The van der Waals surface area contributed by atoms with Crippen molar-refractivity contribution in [1.29, 1.82) is 0 Å². The molecule has 6 aliphatic carbocycles. The number of halogens is 3. The Morgan fingerprint density at radius 2 is 0.632 bits per heavy atom. The van der Waals surface area contributed by atoms with Crippen molar-refractivity contribution in [3.63, 3.8) is 0 Å². The minimum absolute atomic E-state index is 0.0713. The standard InChI is InChI=1S/C17H25N3.C17H27N.C17H26O.C16H21N3.C16H22O.C11H15Br.2C10H11Br.C6H10O/c1-4-16(2,3)14-9-8-10-15(13-14)17(19-20-18)11-6-5-7-12-17;2*1-4-16(2,3)14-9-8-10-15(13-14)17(18)11-6-5-7-12-17;1-3-13(2)14-8-7-9-15(12-14)16(18-19-17)10-5-4-6-11-16;1-3-13(2)14-8-7-9-15(12-14)16(17)10-5-4-6-11-16;1-4-11(2,3)9-6-5-7-10(12)8-9;2*1-3-8(2)9-5-4-6-10(11)7-9;7-6-4-2-1-3-5-6/h8-10,13H,4-7,11-12H2,1-3H3;8-10,13H,4-7,11-12,18H2,1-3H3;8-10,13,18H,4-7,11-12H2,1-3H3;3,7-9,12H,4-6,10-11H2,1-2H3;3,7-9,12,17H,4-6,10-11H2,1-2H3;5-8H,4H2,1-3H3;3-7H,1-2H3;4-7H,2-3H2,1H3;1-5H2/b;;;2*13-3+;;8-3+;;. The van der Waals surface area contributed by atoms with E-state index in [1.54, 1.807) is 0 Å². The Morgan fingerprint density at radius 1 is 0.368 bits per heavy atom. The summed E-state index contributed by atoms with van der Waals surface area (Å²) in [7, 11) is 0. The van der Waals surface area contributed by atoms with Crippen LogP contribution in [-0.4, -0.2) is 16.0 Å². The number of hydrogen-bond donors (Lipinski definition) is 3. The highest BCUT2D eigenvalue weighted by Crippen LogP contribution is 2.46. The molecule has 6 aliphatic rings. The predicted octanol–water partition coefficient (Wildman–Crippen LogP) is 38.1. The number of hydrogen-bond acceptors (Lipinski definition) is 6. The molecule has 0 bridgehead atoms. The van der Waals surface area contributed by atoms with Crippen LogP contribution < -0.4 is 5.73 Å². The molecule has 0 atom stereocenters. The molecule has 6 fully saturated rings. The first-order valence-electron chi connectivity index (χ1n) is 50.6. The first kappa shape index (κ1) is 114. The molecule has 0 amide bonds. The molecule has 0 heterocycles. The second-order valence-corrected chi connectivity index (χ2v) is 43.6. The largest absolute Gasteiger partial charge is 0.385 e. The number of nitrogens with two attached hydrogens (primary N) is 1. The third-order valence-electron chi connectivity index (χ3n) is 30.0. The Kier molecular flexibility index (Phi) is 48.3. The van der Waals surface area contributed by atoms with Crippen LogP contribution in [0.4, 0.5) is 0 Å². The molecule has 4 N–H and O–H groups in total. The van der Waals surface area contributed by atoms with Crippen LogP contribution in [0.25, 0.3) is 43.2 Å². The van der Waals surface area contributed by atoms with Crippen molar-refractivity contribution in [1.82, 2.24) is 0 Å². The van der Waals surface area contributed by atoms with Crippen molar-refractivity contribution in [2.45, 2.75) is 406 Å². The molecule has 8 aromatic carbocycles. The van der Waals surface area contributed by atoms with Gasteiger partial charge < -0.3 is 15.9 Å². The van der Waals surface area contributed by atoms with Crippen LogP contribution in [0.1, 0.15) is 429 Å². The molecule has 722 valence electrons. The molecule has 6 saturated carbocycles. The zero-order chi connectivity index (χ0) is 98.0. The van der Waals surface area contributed by atoms with Gasteiger partial charge in [-0.2, -0.15) is 0 Å². The molecule has 0 spiro atoms. The van der Waals surface area contributed by atoms with Gasteiger partial charge in [0.05, 0.1) is 22.3 Å². The van der Waals surface area contributed by atoms with Crippen molar-refractivity contribution in [2.24, 2.45) is 16.0 Å². The van der Waals surface area contributed by atoms with E-state index in [1.165, 1.54) is 146 Å². The molecule has 0 radical (unpaired) electrons. The van der Waals surface area contributed by atoms with E-state index in [0.29, 0.717) is 11.2 Å². The van der Waals surface area contributed by atoms with E-state index < -0.39 is 11.2 Å². The van der Waals surface area contributed by atoms with Gasteiger partial charge in [-0.25, -0.2) is 0 Å². The third-order valence-corrected chi connectivity index (χ3v) is 31.5. The van der Waals surface area contributed by atoms with Gasteiger partial charge in [-0.1, -0.05) is 427 Å². The molecular weight excluding hydrogens is 1830 g/mol. The summed E-state index contributed by atoms with van der Waals surface area (Å²) in [6, 6.07) is 68.3. The second-order valence-electron chi connectivity index (χ2n) is 40.8. The van der Waals surface area contributed by atoms with Crippen LogP contribution in [0, 0.1) is 0 Å². The number of ketones is 1. The number of rotatable bonds is 20. The molecule has 0 aromatic heterocycles. The van der Waals surface area contributed by atoms with E-state index in [4.69, 9.17) is 16.8 Å². The van der Waals surface area contributed by atoms with E-state index in [2.05, 4.69) is 387 Å². The third kappa shape index (κ3) is 35.7. The summed E-state index contributed by atoms with van der Waals surface area (Å²) in [5, 5.41) is 29.9. The minimum atomic E-state index is -0.581. The van der Waals surface area contributed by atoms with Gasteiger partial charge in [0, 0.05) is 41.6 Å². The van der Waals surface area contributed by atoms with E-state index in [1.807, 2.05) is 31.2 Å². The van der Waals surface area contributed by atoms with Crippen LogP contribution in [0.5, 0.6) is 0 Å². The van der Waals surface area contributed by atoms with E-state index in [0.717, 1.165) is 187 Å². The van der Waals surface area contributed by atoms with Crippen molar-refractivity contribution < 1.29 is 15.0 Å². The van der Waals surface area contributed by atoms with Gasteiger partial charge in [0.1, 0.15) is 5.78 Å². The number of allylic oxidation sites excluding steroid dienone is 7. The highest BCUT2D eigenvalue weighted by atomic mass is 79.9. The predicted molar refractivity (Wildman–Crippen MR) is 584 cm³/mol. The number of carbonyl (C=O) groups is 1. The van der Waals surface area contributed by atoms with E-state index in [-0.39, 0.29) is 32.9 Å². The van der Waals surface area contributed by atoms with Crippen molar-refractivity contribution in [3.05, 3.63) is 326 Å². The van der Waals surface area contributed by atoms with Crippen LogP contribution in [-0.2, 0) is 54.3 Å². The van der Waals surface area contributed by atoms with Gasteiger partial charge >= 0.3 is 0 Å². The van der Waals surface area contributed by atoms with Gasteiger partial charge in [-0.05, 0) is 321 Å². The fourth-order valence-corrected chi connectivity index (χ4v) is 19.5. The number of aliphatic hydroxyl groups is 2. The molecule has 10 nitrogen and oxygen atoms in total. The zero-order valence-corrected chi connectivity index (χ0v) is 90.1. The molecule has 0 unspecified atom stereocenters. The summed E-state index contributed by atoms with van der Waals surface area (Å²) in [5.74, 6) is 0.464. The van der Waals surface area contributed by atoms with Crippen molar-refractivity contribution in [3.8, 4) is 0 Å². The maximum atomic E-state index is 10.8. The molecule has 0 saturated heterocycles. The Balaban J connectivity index is 0.000000233. The average molecular weight is 2000 g/mol. The van der Waals surface area contributed by atoms with Gasteiger partial charge in [0.2, 0.25) is 0 Å². The second kappa shape index (κ2) is 56.3. The number of azide groups is 2. The van der Waals surface area contributed by atoms with Crippen LogP contribution in [0.15, 0.2) is 243 Å². The van der Waals surface area contributed by atoms with Crippen molar-refractivity contribution >= 4 is 75.9 Å².